The van der Waals surface area contributed by atoms with E-state index in [-0.39, 0.29) is 5.41 Å². The number of nitrogens with zero attached hydrogens (tertiary/aromatic N) is 1. The monoisotopic (exact) mass is 303 g/mol. The van der Waals surface area contributed by atoms with E-state index in [0.717, 1.165) is 32.1 Å². The molecule has 1 atom stereocenters. The molecule has 1 aromatic carbocycles. The van der Waals surface area contributed by atoms with Crippen molar-refractivity contribution >= 4 is 5.96 Å². The Morgan fingerprint density at radius 1 is 1.32 bits per heavy atom. The molecule has 0 amide bonds. The van der Waals surface area contributed by atoms with Crippen LogP contribution in [0.15, 0.2) is 29.3 Å². The topological polar surface area (TPSA) is 45.7 Å². The molecule has 1 aliphatic rings. The minimum atomic E-state index is 0.0484. The van der Waals surface area contributed by atoms with Crippen LogP contribution in [-0.4, -0.2) is 38.8 Å². The molecular weight excluding hydrogens is 274 g/mol. The van der Waals surface area contributed by atoms with Crippen molar-refractivity contribution in [3.63, 3.8) is 0 Å². The highest BCUT2D eigenvalue weighted by Crippen LogP contribution is 2.25. The van der Waals surface area contributed by atoms with Crippen LogP contribution in [-0.2, 0) is 10.2 Å². The van der Waals surface area contributed by atoms with E-state index in [9.17, 15) is 0 Å². The summed E-state index contributed by atoms with van der Waals surface area (Å²) in [5.41, 5.74) is 2.75. The van der Waals surface area contributed by atoms with E-state index in [1.165, 1.54) is 17.5 Å². The number of nitrogens with one attached hydrogen (secondary N) is 2. The second-order valence-electron chi connectivity index (χ2n) is 6.64. The van der Waals surface area contributed by atoms with Crippen molar-refractivity contribution in [2.24, 2.45) is 4.99 Å². The van der Waals surface area contributed by atoms with Gasteiger partial charge in [-0.2, -0.15) is 0 Å². The number of aryl methyl sites for hydroxylation is 1. The summed E-state index contributed by atoms with van der Waals surface area (Å²) in [5, 5.41) is 6.81. The standard InChI is InChI=1S/C18H29N3O/c1-14-8-5-6-10-16(14)18(2,3)13-21-17(19-4)20-12-15-9-7-11-22-15/h5-6,8,10,15H,7,9,11-13H2,1-4H3,(H2,19,20,21). The van der Waals surface area contributed by atoms with Gasteiger partial charge in [0.25, 0.3) is 0 Å². The van der Waals surface area contributed by atoms with Crippen LogP contribution in [0.5, 0.6) is 0 Å². The normalized spacial score (nSPS) is 19.3. The van der Waals surface area contributed by atoms with E-state index in [4.69, 9.17) is 4.74 Å². The van der Waals surface area contributed by atoms with Gasteiger partial charge < -0.3 is 15.4 Å². The van der Waals surface area contributed by atoms with Crippen molar-refractivity contribution in [2.75, 3.05) is 26.7 Å². The molecule has 4 heteroatoms. The first-order chi connectivity index (χ1) is 10.5. The van der Waals surface area contributed by atoms with Gasteiger partial charge in [-0.25, -0.2) is 0 Å². The Kier molecular flexibility index (Phi) is 5.83. The highest BCUT2D eigenvalue weighted by atomic mass is 16.5. The van der Waals surface area contributed by atoms with E-state index >= 15 is 0 Å². The number of aliphatic imine (C=N–C) groups is 1. The van der Waals surface area contributed by atoms with Crippen LogP contribution in [0.2, 0.25) is 0 Å². The number of guanidine groups is 1. The largest absolute Gasteiger partial charge is 0.376 e. The van der Waals surface area contributed by atoms with Crippen molar-refractivity contribution in [2.45, 2.75) is 45.1 Å². The van der Waals surface area contributed by atoms with Crippen LogP contribution in [0.3, 0.4) is 0 Å². The molecule has 0 bridgehead atoms. The van der Waals surface area contributed by atoms with Crippen molar-refractivity contribution in [3.8, 4) is 0 Å². The lowest BCUT2D eigenvalue weighted by molar-refractivity contribution is 0.114. The Morgan fingerprint density at radius 2 is 2.09 bits per heavy atom. The van der Waals surface area contributed by atoms with Crippen molar-refractivity contribution in [3.05, 3.63) is 35.4 Å². The number of hydrogen-bond acceptors (Lipinski definition) is 2. The molecule has 22 heavy (non-hydrogen) atoms. The maximum atomic E-state index is 5.63. The second kappa shape index (κ2) is 7.63. The number of rotatable bonds is 5. The van der Waals surface area contributed by atoms with Crippen molar-refractivity contribution in [1.82, 2.24) is 10.6 Å². The first-order valence-corrected chi connectivity index (χ1v) is 8.15. The number of benzene rings is 1. The average Bonchev–Trinajstić information content (AvgIpc) is 3.01. The van der Waals surface area contributed by atoms with Crippen molar-refractivity contribution in [1.29, 1.82) is 0 Å². The van der Waals surface area contributed by atoms with E-state index in [1.54, 1.807) is 0 Å². The summed E-state index contributed by atoms with van der Waals surface area (Å²) >= 11 is 0. The zero-order valence-electron chi connectivity index (χ0n) is 14.3. The Morgan fingerprint density at radius 3 is 2.73 bits per heavy atom. The van der Waals surface area contributed by atoms with Gasteiger partial charge in [-0.3, -0.25) is 4.99 Å². The maximum Gasteiger partial charge on any atom is 0.191 e. The summed E-state index contributed by atoms with van der Waals surface area (Å²) in [7, 11) is 1.81. The van der Waals surface area contributed by atoms with Gasteiger partial charge in [0.2, 0.25) is 0 Å². The van der Waals surface area contributed by atoms with Crippen LogP contribution < -0.4 is 10.6 Å². The SMILES string of the molecule is CN=C(NCC1CCCO1)NCC(C)(C)c1ccccc1C. The molecule has 1 heterocycles. The first-order valence-electron chi connectivity index (χ1n) is 8.15. The van der Waals surface area contributed by atoms with E-state index in [0.29, 0.717) is 6.10 Å². The van der Waals surface area contributed by atoms with Gasteiger partial charge in [0.1, 0.15) is 0 Å². The van der Waals surface area contributed by atoms with Crippen LogP contribution in [0.1, 0.15) is 37.8 Å². The molecule has 122 valence electrons. The van der Waals surface area contributed by atoms with Crippen LogP contribution in [0, 0.1) is 6.92 Å². The van der Waals surface area contributed by atoms with Gasteiger partial charge in [-0.15, -0.1) is 0 Å². The number of ether oxygens (including phenoxy) is 1. The summed E-state index contributed by atoms with van der Waals surface area (Å²) in [6.45, 7) is 9.24. The van der Waals surface area contributed by atoms with E-state index < -0.39 is 0 Å². The zero-order chi connectivity index (χ0) is 16.0. The lowest BCUT2D eigenvalue weighted by Gasteiger charge is -2.28. The Hall–Kier alpha value is -1.55. The summed E-state index contributed by atoms with van der Waals surface area (Å²) in [5.74, 6) is 0.845. The summed E-state index contributed by atoms with van der Waals surface area (Å²) in [6, 6.07) is 8.57. The third-order valence-electron chi connectivity index (χ3n) is 4.32. The number of hydrogen-bond donors (Lipinski definition) is 2. The van der Waals surface area contributed by atoms with E-state index in [2.05, 4.69) is 60.7 Å². The maximum absolute atomic E-state index is 5.63. The Bertz CT molecular complexity index is 505. The quantitative estimate of drug-likeness (QED) is 0.649. The molecule has 2 N–H and O–H groups in total. The average molecular weight is 303 g/mol. The van der Waals surface area contributed by atoms with Gasteiger partial charge in [0, 0.05) is 32.2 Å². The van der Waals surface area contributed by atoms with Gasteiger partial charge in [0.15, 0.2) is 5.96 Å². The van der Waals surface area contributed by atoms with Gasteiger partial charge >= 0.3 is 0 Å². The predicted octanol–water partition coefficient (Wildman–Crippen LogP) is 2.62. The predicted molar refractivity (Wildman–Crippen MR) is 92.5 cm³/mol. The molecule has 1 fully saturated rings. The zero-order valence-corrected chi connectivity index (χ0v) is 14.3. The molecule has 1 aromatic rings. The summed E-state index contributed by atoms with van der Waals surface area (Å²) in [4.78, 5) is 4.31. The van der Waals surface area contributed by atoms with Crippen LogP contribution >= 0.6 is 0 Å². The smallest absolute Gasteiger partial charge is 0.191 e. The molecule has 1 saturated heterocycles. The highest BCUT2D eigenvalue weighted by Gasteiger charge is 2.23. The Balaban J connectivity index is 1.87. The first kappa shape index (κ1) is 16.8. The minimum absolute atomic E-state index is 0.0484. The van der Waals surface area contributed by atoms with Gasteiger partial charge in [0.05, 0.1) is 6.10 Å². The van der Waals surface area contributed by atoms with Crippen LogP contribution in [0.4, 0.5) is 0 Å². The van der Waals surface area contributed by atoms with Crippen molar-refractivity contribution < 1.29 is 4.74 Å². The van der Waals surface area contributed by atoms with Crippen LogP contribution in [0.25, 0.3) is 0 Å². The summed E-state index contributed by atoms with van der Waals surface area (Å²) < 4.78 is 5.63. The highest BCUT2D eigenvalue weighted by molar-refractivity contribution is 5.79. The van der Waals surface area contributed by atoms with E-state index in [1.807, 2.05) is 7.05 Å². The molecule has 0 saturated carbocycles. The molecule has 2 rings (SSSR count). The molecule has 1 aliphatic heterocycles. The molecule has 0 aliphatic carbocycles. The molecule has 1 unspecified atom stereocenters. The molecule has 0 spiro atoms. The van der Waals surface area contributed by atoms with Gasteiger partial charge in [-0.1, -0.05) is 38.1 Å². The van der Waals surface area contributed by atoms with Gasteiger partial charge in [-0.05, 0) is 30.9 Å². The second-order valence-corrected chi connectivity index (χ2v) is 6.64. The third kappa shape index (κ3) is 4.47. The summed E-state index contributed by atoms with van der Waals surface area (Å²) in [6.07, 6.45) is 2.63. The minimum Gasteiger partial charge on any atom is -0.376 e. The Labute approximate surface area is 134 Å². The molecular formula is C18H29N3O. The lowest BCUT2D eigenvalue weighted by Crippen LogP contribution is -2.45. The molecule has 0 aromatic heterocycles. The molecule has 0 radical (unpaired) electrons. The third-order valence-corrected chi connectivity index (χ3v) is 4.32. The lowest BCUT2D eigenvalue weighted by atomic mass is 9.82. The fourth-order valence-electron chi connectivity index (χ4n) is 2.97. The fraction of sp³-hybridized carbons (Fsp3) is 0.611. The fourth-order valence-corrected chi connectivity index (χ4v) is 2.97. The molecule has 4 nitrogen and oxygen atoms in total.